The van der Waals surface area contributed by atoms with Crippen LogP contribution < -0.4 is 19.7 Å². The van der Waals surface area contributed by atoms with Crippen LogP contribution in [0.4, 0.5) is 16.2 Å². The Bertz CT molecular complexity index is 2170. The molecule has 4 aromatic rings. The maximum atomic E-state index is 13.1. The first kappa shape index (κ1) is 43.8. The van der Waals surface area contributed by atoms with Crippen LogP contribution in [-0.4, -0.2) is 60.9 Å². The number of fused-ring (bicyclic) bond motifs is 2. The molecule has 2 aliphatic heterocycles. The minimum Gasteiger partial charge on any atom is -0.496 e. The van der Waals surface area contributed by atoms with E-state index in [0.29, 0.717) is 12.3 Å². The summed E-state index contributed by atoms with van der Waals surface area (Å²) in [5, 5.41) is 14.1. The molecule has 8 nitrogen and oxygen atoms in total. The number of hydrogen-bond donors (Lipinski definition) is 2. The number of methoxy groups -OCH3 is 2. The average molecular weight is 787 g/mol. The van der Waals surface area contributed by atoms with Crippen LogP contribution in [0.3, 0.4) is 0 Å². The molecular weight excluding hydrogens is 725 g/mol. The Kier molecular flexibility index (Phi) is 13.7. The number of aliphatic hydroxyl groups excluding tert-OH is 1. The summed E-state index contributed by atoms with van der Waals surface area (Å²) in [6, 6.07) is 28.4. The molecule has 0 fully saturated rings. The van der Waals surface area contributed by atoms with Gasteiger partial charge >= 0.3 is 6.09 Å². The highest BCUT2D eigenvalue weighted by molar-refractivity contribution is 5.99. The van der Waals surface area contributed by atoms with Gasteiger partial charge in [0.1, 0.15) is 17.1 Å². The molecule has 4 aromatic carbocycles. The Morgan fingerprint density at radius 2 is 1.34 bits per heavy atom. The van der Waals surface area contributed by atoms with Crippen molar-refractivity contribution in [3.8, 4) is 33.8 Å². The van der Waals surface area contributed by atoms with Gasteiger partial charge in [-0.1, -0.05) is 79.8 Å². The number of carbonyl (C=O) groups excluding carboxylic acids is 1. The van der Waals surface area contributed by atoms with Gasteiger partial charge in [-0.25, -0.2) is 4.79 Å². The minimum absolute atomic E-state index is 0.00884. The number of aliphatic hydroxyl groups is 1. The zero-order valence-electron chi connectivity index (χ0n) is 36.4. The Morgan fingerprint density at radius 1 is 0.776 bits per heavy atom. The maximum Gasteiger partial charge on any atom is 0.415 e. The number of hydrogen-bond acceptors (Lipinski definition) is 7. The molecule has 0 saturated heterocycles. The summed E-state index contributed by atoms with van der Waals surface area (Å²) < 4.78 is 22.9. The van der Waals surface area contributed by atoms with E-state index in [4.69, 9.17) is 18.9 Å². The highest BCUT2D eigenvalue weighted by Crippen LogP contribution is 2.44. The molecule has 0 bridgehead atoms. The smallest absolute Gasteiger partial charge is 0.415 e. The van der Waals surface area contributed by atoms with Gasteiger partial charge in [-0.05, 0) is 127 Å². The van der Waals surface area contributed by atoms with Crippen LogP contribution in [0.15, 0.2) is 109 Å². The first-order valence-corrected chi connectivity index (χ1v) is 20.2. The summed E-state index contributed by atoms with van der Waals surface area (Å²) in [4.78, 5) is 14.8. The number of anilines is 2. The van der Waals surface area contributed by atoms with Gasteiger partial charge < -0.3 is 29.4 Å². The van der Waals surface area contributed by atoms with Crippen molar-refractivity contribution in [2.75, 3.05) is 31.0 Å². The fourth-order valence-electron chi connectivity index (χ4n) is 7.49. The summed E-state index contributed by atoms with van der Waals surface area (Å²) in [6.07, 6.45) is 8.40. The monoisotopic (exact) mass is 786 g/mol. The lowest BCUT2D eigenvalue weighted by atomic mass is 9.85. The second-order valence-corrected chi connectivity index (χ2v) is 16.9. The van der Waals surface area contributed by atoms with E-state index in [1.165, 1.54) is 11.1 Å². The first-order chi connectivity index (χ1) is 27.4. The van der Waals surface area contributed by atoms with Crippen LogP contribution in [-0.2, 0) is 9.47 Å². The highest BCUT2D eigenvalue weighted by Gasteiger charge is 2.40. The van der Waals surface area contributed by atoms with Crippen molar-refractivity contribution in [2.24, 2.45) is 0 Å². The number of benzene rings is 4. The fraction of sp³-hybridized carbons (Fsp3) is 0.380. The van der Waals surface area contributed by atoms with Crippen molar-refractivity contribution in [1.82, 2.24) is 0 Å². The summed E-state index contributed by atoms with van der Waals surface area (Å²) in [5.41, 5.74) is 8.59. The van der Waals surface area contributed by atoms with Crippen LogP contribution in [0.25, 0.3) is 33.4 Å². The second-order valence-electron chi connectivity index (χ2n) is 16.9. The molecule has 2 N–H and O–H groups in total. The number of rotatable bonds is 10. The van der Waals surface area contributed by atoms with Gasteiger partial charge in [0.2, 0.25) is 0 Å². The Labute approximate surface area is 346 Å². The Morgan fingerprint density at radius 3 is 1.90 bits per heavy atom. The fourth-order valence-corrected chi connectivity index (χ4v) is 7.49. The molecule has 6 rings (SSSR count). The molecule has 2 aliphatic rings. The quantitative estimate of drug-likeness (QED) is 0.155. The topological polar surface area (TPSA) is 89.5 Å². The van der Waals surface area contributed by atoms with Crippen molar-refractivity contribution in [2.45, 2.75) is 105 Å². The van der Waals surface area contributed by atoms with E-state index in [0.717, 1.165) is 57.0 Å². The predicted molar refractivity (Wildman–Crippen MR) is 240 cm³/mol. The summed E-state index contributed by atoms with van der Waals surface area (Å²) in [7, 11) is 3.36. The Balaban J connectivity index is 0.000000221. The van der Waals surface area contributed by atoms with E-state index in [2.05, 4.69) is 75.5 Å². The summed E-state index contributed by atoms with van der Waals surface area (Å²) in [6.45, 7) is 20.4. The van der Waals surface area contributed by atoms with Crippen molar-refractivity contribution in [1.29, 1.82) is 0 Å². The van der Waals surface area contributed by atoms with Gasteiger partial charge in [-0.3, -0.25) is 4.90 Å². The minimum atomic E-state index is -0.684. The molecule has 0 aromatic heterocycles. The highest BCUT2D eigenvalue weighted by atomic mass is 16.6. The standard InChI is InChI=1S/C25H31NO4.C25H31NO2/c1-16(27)20-15-25(5,6)26(23(28)30-24(2,3)4)21-13-12-17(14-19(20)21)18-10-8-9-11-22(18)29-7;1-6-7-10-15-28-18(2)22-17-25(3,4)26-23-14-13-19(16-21(22)23)20-11-8-9-12-24(20)27-5/h8-16,27H,1-7H3;7-14,16-18,26H,6,15H2,1-5H3. The van der Waals surface area contributed by atoms with E-state index in [9.17, 15) is 9.90 Å². The lowest BCUT2D eigenvalue weighted by molar-refractivity contribution is 0.0555. The zero-order chi connectivity index (χ0) is 42.4. The van der Waals surface area contributed by atoms with Gasteiger partial charge in [-0.15, -0.1) is 0 Å². The molecule has 0 saturated carbocycles. The van der Waals surface area contributed by atoms with Gasteiger partial charge in [0.25, 0.3) is 0 Å². The van der Waals surface area contributed by atoms with Crippen LogP contribution in [0.2, 0.25) is 0 Å². The lowest BCUT2D eigenvalue weighted by Crippen LogP contribution is -2.51. The van der Waals surface area contributed by atoms with E-state index < -0.39 is 23.3 Å². The molecule has 58 heavy (non-hydrogen) atoms. The molecule has 2 unspecified atom stereocenters. The summed E-state index contributed by atoms with van der Waals surface area (Å²) in [5.74, 6) is 1.64. The second kappa shape index (κ2) is 18.1. The first-order valence-electron chi connectivity index (χ1n) is 20.2. The zero-order valence-corrected chi connectivity index (χ0v) is 36.4. The van der Waals surface area contributed by atoms with Gasteiger partial charge in [0.15, 0.2) is 0 Å². The van der Waals surface area contributed by atoms with Crippen molar-refractivity contribution < 1.29 is 28.8 Å². The third-order valence-electron chi connectivity index (χ3n) is 10.1. The van der Waals surface area contributed by atoms with E-state index in [-0.39, 0.29) is 11.6 Å². The van der Waals surface area contributed by atoms with Gasteiger partial charge in [-0.2, -0.15) is 0 Å². The van der Waals surface area contributed by atoms with Crippen LogP contribution in [0, 0.1) is 0 Å². The molecule has 308 valence electrons. The molecule has 0 aliphatic carbocycles. The normalized spacial score (nSPS) is 16.3. The van der Waals surface area contributed by atoms with Crippen molar-refractivity contribution in [3.63, 3.8) is 0 Å². The summed E-state index contributed by atoms with van der Waals surface area (Å²) >= 11 is 0. The van der Waals surface area contributed by atoms with Crippen LogP contribution in [0.5, 0.6) is 11.5 Å². The number of carbonyl (C=O) groups is 1. The SMILES string of the molecule is CCC=CCOC(C)C1=CC(C)(C)Nc2ccc(-c3ccccc3OC)cc21.COc1ccccc1-c1ccc2c(c1)C(C(C)O)=CC(C)(C)N2C(=O)OC(C)(C)C. The van der Waals surface area contributed by atoms with Crippen molar-refractivity contribution in [3.05, 3.63) is 120 Å². The molecule has 1 amide bonds. The Hall–Kier alpha value is -5.31. The number of allylic oxidation sites excluding steroid dienone is 1. The third kappa shape index (κ3) is 10.2. The van der Waals surface area contributed by atoms with Gasteiger partial charge in [0.05, 0.1) is 49.8 Å². The van der Waals surface area contributed by atoms with E-state index >= 15 is 0 Å². The van der Waals surface area contributed by atoms with E-state index in [1.54, 1.807) is 26.0 Å². The third-order valence-corrected chi connectivity index (χ3v) is 10.1. The molecule has 0 radical (unpaired) electrons. The number of nitrogens with zero attached hydrogens (tertiary/aromatic N) is 1. The van der Waals surface area contributed by atoms with E-state index in [1.807, 2.05) is 101 Å². The molecule has 2 heterocycles. The van der Waals surface area contributed by atoms with Crippen molar-refractivity contribution >= 4 is 28.6 Å². The number of amides is 1. The predicted octanol–water partition coefficient (Wildman–Crippen LogP) is 12.0. The molecular formula is C50H62N2O6. The largest absolute Gasteiger partial charge is 0.496 e. The molecule has 2 atom stereocenters. The number of ether oxygens (including phenoxy) is 4. The number of nitrogens with one attached hydrogen (secondary N) is 1. The maximum absolute atomic E-state index is 13.1. The van der Waals surface area contributed by atoms with Crippen LogP contribution >= 0.6 is 0 Å². The molecule has 0 spiro atoms. The van der Waals surface area contributed by atoms with Crippen LogP contribution in [0.1, 0.15) is 86.8 Å². The lowest BCUT2D eigenvalue weighted by Gasteiger charge is -2.42. The molecule has 8 heteroatoms. The average Bonchev–Trinajstić information content (AvgIpc) is 3.17. The van der Waals surface area contributed by atoms with Gasteiger partial charge in [0, 0.05) is 27.9 Å². The number of para-hydroxylation sites is 2.